The number of benzene rings is 1. The summed E-state index contributed by atoms with van der Waals surface area (Å²) in [6.07, 6.45) is 1.56. The second-order valence-electron chi connectivity index (χ2n) is 7.25. The minimum absolute atomic E-state index is 0.0568. The lowest BCUT2D eigenvalue weighted by atomic mass is 9.75. The highest BCUT2D eigenvalue weighted by atomic mass is 16.2. The van der Waals surface area contributed by atoms with Crippen LogP contribution in [0.4, 0.5) is 11.5 Å². The lowest BCUT2D eigenvalue weighted by Gasteiger charge is -2.39. The Morgan fingerprint density at radius 3 is 2.85 bits per heavy atom. The molecule has 1 spiro atoms. The van der Waals surface area contributed by atoms with E-state index in [-0.39, 0.29) is 18.4 Å². The number of anilines is 2. The molecule has 0 aliphatic carbocycles. The predicted molar refractivity (Wildman–Crippen MR) is 98.7 cm³/mol. The van der Waals surface area contributed by atoms with E-state index in [1.165, 1.54) is 4.68 Å². The van der Waals surface area contributed by atoms with Crippen LogP contribution >= 0.6 is 0 Å². The van der Waals surface area contributed by atoms with Crippen molar-refractivity contribution in [3.63, 3.8) is 0 Å². The fourth-order valence-corrected chi connectivity index (χ4v) is 4.30. The molecule has 1 aromatic heterocycles. The minimum Gasteiger partial charge on any atom is -0.384 e. The van der Waals surface area contributed by atoms with E-state index < -0.39 is 5.41 Å². The first-order chi connectivity index (χ1) is 12.4. The summed E-state index contributed by atoms with van der Waals surface area (Å²) >= 11 is 0. The van der Waals surface area contributed by atoms with Crippen LogP contribution in [-0.2, 0) is 21.5 Å². The van der Waals surface area contributed by atoms with Gasteiger partial charge < -0.3 is 15.5 Å². The fraction of sp³-hybridized carbons (Fsp3) is 0.421. The Bertz CT molecular complexity index is 890. The lowest BCUT2D eigenvalue weighted by Crippen LogP contribution is -2.53. The van der Waals surface area contributed by atoms with E-state index in [2.05, 4.69) is 5.10 Å². The van der Waals surface area contributed by atoms with Crippen LogP contribution in [0.3, 0.4) is 0 Å². The van der Waals surface area contributed by atoms with Gasteiger partial charge in [0.25, 0.3) is 0 Å². The van der Waals surface area contributed by atoms with Crippen molar-refractivity contribution in [3.8, 4) is 0 Å². The van der Waals surface area contributed by atoms with E-state index in [1.54, 1.807) is 15.9 Å². The van der Waals surface area contributed by atoms with E-state index in [0.717, 1.165) is 29.8 Å². The number of nitrogens with zero attached hydrogens (tertiary/aromatic N) is 4. The van der Waals surface area contributed by atoms with Gasteiger partial charge in [-0.25, -0.2) is 4.68 Å². The molecule has 3 heterocycles. The number of aryl methyl sites for hydroxylation is 1. The smallest absolute Gasteiger partial charge is 0.244 e. The van der Waals surface area contributed by atoms with Crippen molar-refractivity contribution in [3.05, 3.63) is 41.6 Å². The number of likely N-dealkylation sites (N-methyl/N-ethyl adjacent to an activating group) is 1. The van der Waals surface area contributed by atoms with Crippen LogP contribution in [0.15, 0.2) is 30.3 Å². The van der Waals surface area contributed by atoms with Crippen molar-refractivity contribution in [2.75, 3.05) is 30.8 Å². The Hall–Kier alpha value is -2.83. The van der Waals surface area contributed by atoms with Crippen molar-refractivity contribution in [2.24, 2.45) is 0 Å². The van der Waals surface area contributed by atoms with Crippen LogP contribution in [0.2, 0.25) is 0 Å². The van der Waals surface area contributed by atoms with E-state index >= 15 is 0 Å². The highest BCUT2D eigenvalue weighted by Crippen LogP contribution is 2.46. The van der Waals surface area contributed by atoms with Gasteiger partial charge in [0, 0.05) is 31.9 Å². The first kappa shape index (κ1) is 16.6. The number of piperidine rings is 1. The van der Waals surface area contributed by atoms with Gasteiger partial charge in [-0.15, -0.1) is 0 Å². The maximum atomic E-state index is 13.1. The van der Waals surface area contributed by atoms with Gasteiger partial charge in [0.05, 0.1) is 11.1 Å². The summed E-state index contributed by atoms with van der Waals surface area (Å²) in [6, 6.07) is 9.63. The number of aromatic nitrogens is 2. The number of hydrogen-bond acceptors (Lipinski definition) is 4. The third kappa shape index (κ3) is 2.38. The lowest BCUT2D eigenvalue weighted by molar-refractivity contribution is -0.136. The molecule has 2 aromatic rings. The van der Waals surface area contributed by atoms with Crippen molar-refractivity contribution < 1.29 is 9.59 Å². The molecule has 1 saturated heterocycles. The van der Waals surface area contributed by atoms with Gasteiger partial charge in [0.2, 0.25) is 11.8 Å². The second-order valence-corrected chi connectivity index (χ2v) is 7.25. The maximum absolute atomic E-state index is 13.1. The van der Waals surface area contributed by atoms with Crippen LogP contribution in [-0.4, -0.2) is 46.6 Å². The molecular formula is C19H23N5O2. The summed E-state index contributed by atoms with van der Waals surface area (Å²) in [5.74, 6) is 0.494. The molecule has 4 rings (SSSR count). The number of fused-ring (bicyclic) bond motifs is 2. The number of amides is 2. The van der Waals surface area contributed by atoms with Gasteiger partial charge in [-0.1, -0.05) is 18.2 Å². The number of likely N-dealkylation sites (tertiary alicyclic amines) is 1. The van der Waals surface area contributed by atoms with Crippen molar-refractivity contribution in [1.82, 2.24) is 14.7 Å². The number of nitrogens with two attached hydrogens (primary N) is 1. The highest BCUT2D eigenvalue weighted by molar-refractivity contribution is 6.08. The molecule has 2 N–H and O–H groups in total. The zero-order chi connectivity index (χ0) is 18.5. The third-order valence-electron chi connectivity index (χ3n) is 5.56. The molecular weight excluding hydrogens is 330 g/mol. The van der Waals surface area contributed by atoms with Crippen LogP contribution in [0.5, 0.6) is 0 Å². The van der Waals surface area contributed by atoms with Crippen LogP contribution < -0.4 is 10.6 Å². The Morgan fingerprint density at radius 2 is 2.12 bits per heavy atom. The molecule has 0 saturated carbocycles. The predicted octanol–water partition coefficient (Wildman–Crippen LogP) is 1.31. The normalized spacial score (nSPS) is 22.2. The Labute approximate surface area is 152 Å². The summed E-state index contributed by atoms with van der Waals surface area (Å²) in [4.78, 5) is 29.4. The zero-order valence-corrected chi connectivity index (χ0v) is 15.1. The molecule has 2 amide bonds. The van der Waals surface area contributed by atoms with E-state index in [1.807, 2.05) is 38.2 Å². The fourth-order valence-electron chi connectivity index (χ4n) is 4.30. The third-order valence-corrected chi connectivity index (χ3v) is 5.56. The van der Waals surface area contributed by atoms with E-state index in [4.69, 9.17) is 5.73 Å². The molecule has 1 fully saturated rings. The average molecular weight is 353 g/mol. The summed E-state index contributed by atoms with van der Waals surface area (Å²) in [5, 5.41) is 4.27. The quantitative estimate of drug-likeness (QED) is 0.882. The van der Waals surface area contributed by atoms with Crippen molar-refractivity contribution >= 4 is 23.3 Å². The number of hydrogen-bond donors (Lipinski definition) is 1. The molecule has 1 atom stereocenters. The Morgan fingerprint density at radius 1 is 1.35 bits per heavy atom. The summed E-state index contributed by atoms with van der Waals surface area (Å²) in [6.45, 7) is 3.00. The molecule has 26 heavy (non-hydrogen) atoms. The van der Waals surface area contributed by atoms with Gasteiger partial charge in [0.1, 0.15) is 12.4 Å². The van der Waals surface area contributed by atoms with E-state index in [9.17, 15) is 9.59 Å². The molecule has 0 radical (unpaired) electrons. The van der Waals surface area contributed by atoms with Crippen LogP contribution in [0, 0.1) is 6.92 Å². The number of nitrogen functional groups attached to an aromatic ring is 1. The number of rotatable bonds is 2. The molecule has 1 aromatic carbocycles. The molecule has 2 aliphatic heterocycles. The molecule has 2 aliphatic rings. The topological polar surface area (TPSA) is 84.5 Å². The Kier molecular flexibility index (Phi) is 3.75. The van der Waals surface area contributed by atoms with E-state index in [0.29, 0.717) is 18.9 Å². The monoisotopic (exact) mass is 353 g/mol. The maximum Gasteiger partial charge on any atom is 0.244 e. The number of carbonyl (C=O) groups excluding carboxylic acids is 2. The van der Waals surface area contributed by atoms with Crippen molar-refractivity contribution in [1.29, 1.82) is 0 Å². The van der Waals surface area contributed by atoms with Crippen molar-refractivity contribution in [2.45, 2.75) is 31.7 Å². The summed E-state index contributed by atoms with van der Waals surface area (Å²) in [7, 11) is 1.81. The molecule has 0 unspecified atom stereocenters. The van der Waals surface area contributed by atoms with Gasteiger partial charge in [-0.05, 0) is 31.4 Å². The standard InChI is InChI=1S/C19H23N5O2/c1-13-10-16(20)24(21-13)11-17(25)23-9-5-8-19(12-23)14-6-3-4-7-15(14)22(2)18(19)26/h3-4,6-7,10H,5,8-9,11-12,20H2,1-2H3/t19-/m0/s1. The molecule has 136 valence electrons. The first-order valence-electron chi connectivity index (χ1n) is 8.88. The van der Waals surface area contributed by atoms with Gasteiger partial charge in [0.15, 0.2) is 0 Å². The molecule has 7 heteroatoms. The Balaban J connectivity index is 1.61. The van der Waals surface area contributed by atoms with Crippen LogP contribution in [0.1, 0.15) is 24.1 Å². The largest absolute Gasteiger partial charge is 0.384 e. The first-order valence-corrected chi connectivity index (χ1v) is 8.88. The number of para-hydroxylation sites is 1. The summed E-state index contributed by atoms with van der Waals surface area (Å²) < 4.78 is 1.52. The minimum atomic E-state index is -0.634. The summed E-state index contributed by atoms with van der Waals surface area (Å²) in [5.41, 5.74) is 8.03. The van der Waals surface area contributed by atoms with Gasteiger partial charge in [-0.3, -0.25) is 9.59 Å². The number of carbonyl (C=O) groups is 2. The highest BCUT2D eigenvalue weighted by Gasteiger charge is 2.52. The molecule has 7 nitrogen and oxygen atoms in total. The SMILES string of the molecule is Cc1cc(N)n(CC(=O)N2CCC[C@@]3(C2)C(=O)N(C)c2ccccc23)n1. The van der Waals surface area contributed by atoms with Gasteiger partial charge >= 0.3 is 0 Å². The molecule has 0 bridgehead atoms. The van der Waals surface area contributed by atoms with Crippen LogP contribution in [0.25, 0.3) is 0 Å². The van der Waals surface area contributed by atoms with Gasteiger partial charge in [-0.2, -0.15) is 5.10 Å². The average Bonchev–Trinajstić information content (AvgIpc) is 3.05. The second kappa shape index (κ2) is 5.86. The zero-order valence-electron chi connectivity index (χ0n) is 15.1.